The maximum Gasteiger partial charge on any atom is 0.191 e. The van der Waals surface area contributed by atoms with Crippen LogP contribution in [0.3, 0.4) is 0 Å². The first-order valence-corrected chi connectivity index (χ1v) is 8.38. The van der Waals surface area contributed by atoms with Gasteiger partial charge in [-0.1, -0.05) is 25.0 Å². The zero-order valence-corrected chi connectivity index (χ0v) is 16.5. The molecule has 0 radical (unpaired) electrons. The first-order valence-electron chi connectivity index (χ1n) is 8.38. The summed E-state index contributed by atoms with van der Waals surface area (Å²) in [7, 11) is 0. The van der Waals surface area contributed by atoms with Crippen LogP contribution in [0, 0.1) is 5.82 Å². The fourth-order valence-electron chi connectivity index (χ4n) is 2.86. The largest absolute Gasteiger partial charge is 0.370 e. The van der Waals surface area contributed by atoms with E-state index in [0.717, 1.165) is 31.5 Å². The molecule has 0 aliphatic carbocycles. The fourth-order valence-corrected chi connectivity index (χ4v) is 2.86. The maximum atomic E-state index is 13.2. The Labute approximate surface area is 164 Å². The van der Waals surface area contributed by atoms with E-state index in [0.29, 0.717) is 24.9 Å². The van der Waals surface area contributed by atoms with Crippen molar-refractivity contribution < 1.29 is 4.39 Å². The third-order valence-electron chi connectivity index (χ3n) is 4.13. The van der Waals surface area contributed by atoms with Crippen LogP contribution in [0.5, 0.6) is 0 Å². The van der Waals surface area contributed by atoms with Crippen LogP contribution in [0.2, 0.25) is 0 Å². The summed E-state index contributed by atoms with van der Waals surface area (Å²) in [6.45, 7) is 2.78. The number of hydrogen-bond donors (Lipinski definition) is 1. The van der Waals surface area contributed by atoms with Gasteiger partial charge in [0.1, 0.15) is 18.7 Å². The molecule has 2 heterocycles. The lowest BCUT2D eigenvalue weighted by Crippen LogP contribution is -2.38. The summed E-state index contributed by atoms with van der Waals surface area (Å²) in [5, 5.41) is 4.37. The van der Waals surface area contributed by atoms with E-state index in [1.165, 1.54) is 25.0 Å². The van der Waals surface area contributed by atoms with E-state index in [4.69, 9.17) is 5.73 Å². The molecule has 1 fully saturated rings. The third kappa shape index (κ3) is 5.94. The molecule has 25 heavy (non-hydrogen) atoms. The van der Waals surface area contributed by atoms with Crippen LogP contribution >= 0.6 is 24.0 Å². The van der Waals surface area contributed by atoms with Crippen molar-refractivity contribution in [2.24, 2.45) is 10.7 Å². The summed E-state index contributed by atoms with van der Waals surface area (Å²) in [5.74, 6) is 0.935. The molecule has 0 spiro atoms. The molecule has 0 amide bonds. The van der Waals surface area contributed by atoms with Crippen molar-refractivity contribution in [3.63, 3.8) is 0 Å². The number of hydrogen-bond acceptors (Lipinski definition) is 3. The zero-order chi connectivity index (χ0) is 16.8. The lowest BCUT2D eigenvalue weighted by Gasteiger charge is -2.20. The second-order valence-corrected chi connectivity index (χ2v) is 6.06. The number of rotatable bonds is 4. The Hall–Kier alpha value is -1.71. The van der Waals surface area contributed by atoms with Crippen LogP contribution in [0.1, 0.15) is 37.1 Å². The number of guanidine groups is 1. The molecule has 136 valence electrons. The number of halogens is 2. The highest BCUT2D eigenvalue weighted by molar-refractivity contribution is 14.0. The quantitative estimate of drug-likeness (QED) is 0.435. The van der Waals surface area contributed by atoms with Gasteiger partial charge in [-0.25, -0.2) is 19.0 Å². The average molecular weight is 458 g/mol. The molecule has 0 atom stereocenters. The Kier molecular flexibility index (Phi) is 7.60. The Balaban J connectivity index is 0.00000225. The molecule has 2 aromatic rings. The van der Waals surface area contributed by atoms with Crippen molar-refractivity contribution in [3.05, 3.63) is 47.8 Å². The molecular weight excluding hydrogens is 434 g/mol. The van der Waals surface area contributed by atoms with Gasteiger partial charge in [-0.2, -0.15) is 5.10 Å². The minimum atomic E-state index is -0.248. The van der Waals surface area contributed by atoms with Gasteiger partial charge >= 0.3 is 0 Å². The number of likely N-dealkylation sites (tertiary alicyclic amines) is 1. The van der Waals surface area contributed by atoms with Gasteiger partial charge in [0.25, 0.3) is 0 Å². The number of nitrogens with two attached hydrogens (primary N) is 1. The number of benzene rings is 1. The molecule has 1 aliphatic rings. The molecule has 1 aliphatic heterocycles. The van der Waals surface area contributed by atoms with Crippen molar-refractivity contribution in [1.82, 2.24) is 19.7 Å². The van der Waals surface area contributed by atoms with Gasteiger partial charge in [0, 0.05) is 13.1 Å². The van der Waals surface area contributed by atoms with Crippen molar-refractivity contribution in [2.75, 3.05) is 13.1 Å². The predicted octanol–water partition coefficient (Wildman–Crippen LogP) is 2.77. The molecule has 3 rings (SSSR count). The average Bonchev–Trinajstić information content (AvgIpc) is 2.83. The highest BCUT2D eigenvalue weighted by Gasteiger charge is 2.11. The first kappa shape index (κ1) is 19.6. The van der Waals surface area contributed by atoms with Crippen LogP contribution < -0.4 is 5.73 Å². The molecule has 0 saturated carbocycles. The van der Waals surface area contributed by atoms with Crippen molar-refractivity contribution in [2.45, 2.75) is 38.8 Å². The predicted molar refractivity (Wildman–Crippen MR) is 106 cm³/mol. The van der Waals surface area contributed by atoms with Crippen LogP contribution in [0.15, 0.2) is 35.6 Å². The zero-order valence-electron chi connectivity index (χ0n) is 14.1. The second-order valence-electron chi connectivity index (χ2n) is 6.06. The second kappa shape index (κ2) is 9.69. The first-order chi connectivity index (χ1) is 11.7. The maximum absolute atomic E-state index is 13.2. The number of aliphatic imine (C=N–C) groups is 1. The standard InChI is InChI=1S/C17H23FN6.HI/c18-15-7-5-6-14(10-15)12-24-13-21-16(22-24)11-20-17(19)23-8-3-1-2-4-9-23;/h5-7,10,13H,1-4,8-9,11-12H2,(H2,19,20);1H. The highest BCUT2D eigenvalue weighted by Crippen LogP contribution is 2.09. The monoisotopic (exact) mass is 458 g/mol. The van der Waals surface area contributed by atoms with Crippen molar-refractivity contribution in [3.8, 4) is 0 Å². The SMILES string of the molecule is I.NC(=NCc1ncn(Cc2cccc(F)c2)n1)N1CCCCCC1. The summed E-state index contributed by atoms with van der Waals surface area (Å²) in [5.41, 5.74) is 6.93. The Morgan fingerprint density at radius 1 is 1.20 bits per heavy atom. The van der Waals surface area contributed by atoms with Gasteiger partial charge in [-0.3, -0.25) is 0 Å². The molecule has 1 saturated heterocycles. The molecule has 0 unspecified atom stereocenters. The minimum Gasteiger partial charge on any atom is -0.370 e. The van der Waals surface area contributed by atoms with E-state index in [1.807, 2.05) is 6.07 Å². The number of aromatic nitrogens is 3. The van der Waals surface area contributed by atoms with Gasteiger partial charge in [0.05, 0.1) is 6.54 Å². The van der Waals surface area contributed by atoms with Crippen molar-refractivity contribution >= 4 is 29.9 Å². The van der Waals surface area contributed by atoms with Gasteiger partial charge in [-0.15, -0.1) is 24.0 Å². The van der Waals surface area contributed by atoms with E-state index in [1.54, 1.807) is 17.1 Å². The molecule has 8 heteroatoms. The Morgan fingerprint density at radius 3 is 2.68 bits per heavy atom. The van der Waals surface area contributed by atoms with E-state index in [2.05, 4.69) is 20.0 Å². The van der Waals surface area contributed by atoms with Crippen LogP contribution in [-0.2, 0) is 13.1 Å². The van der Waals surface area contributed by atoms with Crippen LogP contribution in [0.4, 0.5) is 4.39 Å². The molecule has 2 N–H and O–H groups in total. The van der Waals surface area contributed by atoms with Crippen molar-refractivity contribution in [1.29, 1.82) is 0 Å². The summed E-state index contributed by atoms with van der Waals surface area (Å²) < 4.78 is 14.9. The summed E-state index contributed by atoms with van der Waals surface area (Å²) in [6.07, 6.45) is 6.48. The summed E-state index contributed by atoms with van der Waals surface area (Å²) >= 11 is 0. The lowest BCUT2D eigenvalue weighted by molar-refractivity contribution is 0.428. The van der Waals surface area contributed by atoms with E-state index < -0.39 is 0 Å². The fraction of sp³-hybridized carbons (Fsp3) is 0.471. The Morgan fingerprint density at radius 2 is 1.96 bits per heavy atom. The van der Waals surface area contributed by atoms with Gasteiger partial charge in [-0.05, 0) is 30.5 Å². The highest BCUT2D eigenvalue weighted by atomic mass is 127. The minimum absolute atomic E-state index is 0. The van der Waals surface area contributed by atoms with Crippen LogP contribution in [0.25, 0.3) is 0 Å². The van der Waals surface area contributed by atoms with E-state index in [9.17, 15) is 4.39 Å². The molecule has 0 bridgehead atoms. The van der Waals surface area contributed by atoms with E-state index in [-0.39, 0.29) is 29.8 Å². The normalized spacial score (nSPS) is 15.6. The molecular formula is C17H24FIN6. The van der Waals surface area contributed by atoms with Gasteiger partial charge in [0.2, 0.25) is 0 Å². The molecule has 1 aromatic carbocycles. The summed E-state index contributed by atoms with van der Waals surface area (Å²) in [6, 6.07) is 6.47. The smallest absolute Gasteiger partial charge is 0.191 e. The third-order valence-corrected chi connectivity index (χ3v) is 4.13. The Bertz CT molecular complexity index is 694. The van der Waals surface area contributed by atoms with Gasteiger partial charge in [0.15, 0.2) is 11.8 Å². The topological polar surface area (TPSA) is 72.3 Å². The van der Waals surface area contributed by atoms with Gasteiger partial charge < -0.3 is 10.6 Å². The van der Waals surface area contributed by atoms with Crippen LogP contribution in [-0.4, -0.2) is 38.7 Å². The number of nitrogens with zero attached hydrogens (tertiary/aromatic N) is 5. The lowest BCUT2D eigenvalue weighted by atomic mass is 10.2. The molecule has 6 nitrogen and oxygen atoms in total. The molecule has 1 aromatic heterocycles. The van der Waals surface area contributed by atoms with E-state index >= 15 is 0 Å². The summed E-state index contributed by atoms with van der Waals surface area (Å²) in [4.78, 5) is 10.8.